The van der Waals surface area contributed by atoms with Crippen molar-refractivity contribution >= 4 is 5.97 Å². The second-order valence-electron chi connectivity index (χ2n) is 6.79. The minimum atomic E-state index is -0.804. The number of piperidine rings is 2. The number of likely N-dealkylation sites (tertiary alicyclic amines) is 2. The Bertz CT molecular complexity index is 349. The predicted octanol–water partition coefficient (Wildman–Crippen LogP) is 1.57. The lowest BCUT2D eigenvalue weighted by Gasteiger charge is -2.40. The van der Waals surface area contributed by atoms with E-state index in [-0.39, 0.29) is 6.10 Å². The molecule has 1 N–H and O–H groups in total. The molecule has 3 saturated heterocycles. The molecule has 3 aliphatic heterocycles. The molecule has 0 amide bonds. The molecular weight excluding hydrogens is 268 g/mol. The van der Waals surface area contributed by atoms with Crippen molar-refractivity contribution in [1.29, 1.82) is 0 Å². The Balaban J connectivity index is 1.39. The topological polar surface area (TPSA) is 53.0 Å². The van der Waals surface area contributed by atoms with Crippen LogP contribution in [0.1, 0.15) is 44.9 Å². The molecule has 0 aromatic carbocycles. The van der Waals surface area contributed by atoms with Gasteiger partial charge in [0.25, 0.3) is 0 Å². The fourth-order valence-corrected chi connectivity index (χ4v) is 4.06. The van der Waals surface area contributed by atoms with Crippen LogP contribution in [0.25, 0.3) is 0 Å². The van der Waals surface area contributed by atoms with Crippen LogP contribution in [0.4, 0.5) is 0 Å². The molecule has 0 spiro atoms. The quantitative estimate of drug-likeness (QED) is 0.853. The molecule has 2 unspecified atom stereocenters. The highest BCUT2D eigenvalue weighted by atomic mass is 16.5. The number of carboxylic acids is 1. The zero-order valence-corrected chi connectivity index (χ0v) is 12.9. The number of nitrogens with zero attached hydrogens (tertiary/aromatic N) is 2. The van der Waals surface area contributed by atoms with Gasteiger partial charge in [-0.25, -0.2) is 4.79 Å². The van der Waals surface area contributed by atoms with Gasteiger partial charge in [-0.2, -0.15) is 0 Å². The van der Waals surface area contributed by atoms with Gasteiger partial charge in [0.05, 0.1) is 6.10 Å². The van der Waals surface area contributed by atoms with Crippen LogP contribution in [0.5, 0.6) is 0 Å². The molecule has 0 aromatic rings. The van der Waals surface area contributed by atoms with Gasteiger partial charge in [-0.05, 0) is 64.7 Å². The maximum Gasteiger partial charge on any atom is 0.332 e. The van der Waals surface area contributed by atoms with E-state index in [1.54, 1.807) is 0 Å². The van der Waals surface area contributed by atoms with Gasteiger partial charge in [-0.1, -0.05) is 6.42 Å². The van der Waals surface area contributed by atoms with E-state index in [0.29, 0.717) is 6.42 Å². The van der Waals surface area contributed by atoms with Crippen LogP contribution in [-0.2, 0) is 9.53 Å². The van der Waals surface area contributed by atoms with Gasteiger partial charge in [0.1, 0.15) is 0 Å². The monoisotopic (exact) mass is 296 g/mol. The molecule has 0 bridgehead atoms. The van der Waals surface area contributed by atoms with Crippen LogP contribution in [-0.4, -0.2) is 71.8 Å². The van der Waals surface area contributed by atoms with Crippen molar-refractivity contribution in [2.45, 2.75) is 63.2 Å². The van der Waals surface area contributed by atoms with Crippen molar-refractivity contribution < 1.29 is 14.6 Å². The molecule has 0 saturated carbocycles. The first-order chi connectivity index (χ1) is 10.2. The second kappa shape index (κ2) is 7.07. The normalized spacial score (nSPS) is 33.3. The zero-order chi connectivity index (χ0) is 14.7. The number of carbonyl (C=O) groups is 1. The van der Waals surface area contributed by atoms with Crippen molar-refractivity contribution in [1.82, 2.24) is 9.80 Å². The van der Waals surface area contributed by atoms with E-state index in [0.717, 1.165) is 32.1 Å². The Labute approximate surface area is 127 Å². The van der Waals surface area contributed by atoms with Gasteiger partial charge in [-0.15, -0.1) is 0 Å². The summed E-state index contributed by atoms with van der Waals surface area (Å²) in [6.07, 6.45) is 7.77. The number of carboxylic acid groups (broad SMARTS) is 1. The van der Waals surface area contributed by atoms with E-state index in [9.17, 15) is 4.79 Å². The summed E-state index contributed by atoms with van der Waals surface area (Å²) in [5, 5.41) is 8.97. The van der Waals surface area contributed by atoms with Crippen LogP contribution in [0.15, 0.2) is 0 Å². The fourth-order valence-electron chi connectivity index (χ4n) is 4.06. The van der Waals surface area contributed by atoms with E-state index in [4.69, 9.17) is 9.84 Å². The van der Waals surface area contributed by atoms with Gasteiger partial charge in [0, 0.05) is 12.6 Å². The molecule has 21 heavy (non-hydrogen) atoms. The first kappa shape index (κ1) is 15.3. The van der Waals surface area contributed by atoms with E-state index in [1.807, 2.05) is 0 Å². The smallest absolute Gasteiger partial charge is 0.332 e. The Morgan fingerprint density at radius 1 is 1.00 bits per heavy atom. The Hall–Kier alpha value is -0.650. The standard InChI is InChI=1S/C16H28N2O3/c19-16(20)15-5-4-14(21-15)12-17-10-6-13(7-11-17)18-8-2-1-3-9-18/h13-15H,1-12H2,(H,19,20). The highest BCUT2D eigenvalue weighted by Gasteiger charge is 2.33. The third-order valence-electron chi connectivity index (χ3n) is 5.31. The molecule has 5 nitrogen and oxygen atoms in total. The van der Waals surface area contributed by atoms with Crippen LogP contribution >= 0.6 is 0 Å². The van der Waals surface area contributed by atoms with Crippen LogP contribution in [0.3, 0.4) is 0 Å². The summed E-state index contributed by atoms with van der Waals surface area (Å²) in [5.41, 5.74) is 0. The first-order valence-electron chi connectivity index (χ1n) is 8.57. The molecule has 3 aliphatic rings. The summed E-state index contributed by atoms with van der Waals surface area (Å²) in [6, 6.07) is 0.776. The van der Waals surface area contributed by atoms with E-state index in [1.165, 1.54) is 45.2 Å². The Kier molecular flexibility index (Phi) is 5.14. The molecule has 3 fully saturated rings. The van der Waals surface area contributed by atoms with Gasteiger partial charge >= 0.3 is 5.97 Å². The first-order valence-corrected chi connectivity index (χ1v) is 8.57. The van der Waals surface area contributed by atoms with Crippen LogP contribution in [0.2, 0.25) is 0 Å². The summed E-state index contributed by atoms with van der Waals surface area (Å²) in [4.78, 5) is 16.1. The number of ether oxygens (including phenoxy) is 1. The minimum Gasteiger partial charge on any atom is -0.479 e. The highest BCUT2D eigenvalue weighted by Crippen LogP contribution is 2.24. The average Bonchev–Trinajstić information content (AvgIpc) is 2.98. The third kappa shape index (κ3) is 3.96. The van der Waals surface area contributed by atoms with E-state index < -0.39 is 12.1 Å². The molecule has 3 rings (SSSR count). The van der Waals surface area contributed by atoms with E-state index >= 15 is 0 Å². The summed E-state index contributed by atoms with van der Waals surface area (Å²) < 4.78 is 5.62. The van der Waals surface area contributed by atoms with E-state index in [2.05, 4.69) is 9.80 Å². The Morgan fingerprint density at radius 3 is 2.33 bits per heavy atom. The molecule has 0 aliphatic carbocycles. The lowest BCUT2D eigenvalue weighted by atomic mass is 9.99. The average molecular weight is 296 g/mol. The second-order valence-corrected chi connectivity index (χ2v) is 6.79. The van der Waals surface area contributed by atoms with Crippen LogP contribution in [0, 0.1) is 0 Å². The lowest BCUT2D eigenvalue weighted by Crippen LogP contribution is -2.48. The predicted molar refractivity (Wildman–Crippen MR) is 80.4 cm³/mol. The largest absolute Gasteiger partial charge is 0.479 e. The summed E-state index contributed by atoms with van der Waals surface area (Å²) >= 11 is 0. The maximum absolute atomic E-state index is 10.9. The summed E-state index contributed by atoms with van der Waals surface area (Å²) in [6.45, 7) is 5.77. The SMILES string of the molecule is O=C(O)C1CCC(CN2CCC(N3CCCCC3)CC2)O1. The number of rotatable bonds is 4. The van der Waals surface area contributed by atoms with Crippen molar-refractivity contribution in [2.24, 2.45) is 0 Å². The number of hydrogen-bond donors (Lipinski definition) is 1. The lowest BCUT2D eigenvalue weighted by molar-refractivity contribution is -0.149. The highest BCUT2D eigenvalue weighted by molar-refractivity contribution is 5.72. The van der Waals surface area contributed by atoms with Gasteiger partial charge < -0.3 is 19.6 Å². The van der Waals surface area contributed by atoms with Crippen molar-refractivity contribution in [3.63, 3.8) is 0 Å². The van der Waals surface area contributed by atoms with Crippen molar-refractivity contribution in [3.05, 3.63) is 0 Å². The minimum absolute atomic E-state index is 0.123. The van der Waals surface area contributed by atoms with Crippen LogP contribution < -0.4 is 0 Å². The zero-order valence-electron chi connectivity index (χ0n) is 12.9. The Morgan fingerprint density at radius 2 is 1.71 bits per heavy atom. The maximum atomic E-state index is 10.9. The number of hydrogen-bond acceptors (Lipinski definition) is 4. The molecule has 0 radical (unpaired) electrons. The van der Waals surface area contributed by atoms with Gasteiger partial charge in [0.15, 0.2) is 6.10 Å². The summed E-state index contributed by atoms with van der Waals surface area (Å²) in [7, 11) is 0. The molecule has 120 valence electrons. The third-order valence-corrected chi connectivity index (χ3v) is 5.31. The van der Waals surface area contributed by atoms with Crippen molar-refractivity contribution in [2.75, 3.05) is 32.7 Å². The summed E-state index contributed by atoms with van der Waals surface area (Å²) in [5.74, 6) is -0.804. The van der Waals surface area contributed by atoms with Gasteiger partial charge in [-0.3, -0.25) is 0 Å². The number of aliphatic carboxylic acids is 1. The van der Waals surface area contributed by atoms with Gasteiger partial charge in [0.2, 0.25) is 0 Å². The molecule has 0 aromatic heterocycles. The molecular formula is C16H28N2O3. The molecule has 2 atom stereocenters. The fraction of sp³-hybridized carbons (Fsp3) is 0.938. The van der Waals surface area contributed by atoms with Crippen molar-refractivity contribution in [3.8, 4) is 0 Å². The molecule has 5 heteroatoms. The molecule has 3 heterocycles.